The lowest BCUT2D eigenvalue weighted by atomic mass is 10.1. The molecule has 0 N–H and O–H groups in total. The molecule has 1 aromatic heterocycles. The first-order valence-corrected chi connectivity index (χ1v) is 13.7. The number of halogens is 3. The Labute approximate surface area is 238 Å². The number of alkyl halides is 3. The van der Waals surface area contributed by atoms with Gasteiger partial charge in [0.2, 0.25) is 5.91 Å². The minimum absolute atomic E-state index is 0.0191. The second-order valence-electron chi connectivity index (χ2n) is 9.12. The predicted octanol–water partition coefficient (Wildman–Crippen LogP) is 6.64. The van der Waals surface area contributed by atoms with Crippen LogP contribution in [0.5, 0.6) is 5.75 Å². The number of thioether (sulfide) groups is 1. The monoisotopic (exact) mass is 578 g/mol. The van der Waals surface area contributed by atoms with E-state index in [1.54, 1.807) is 11.1 Å². The third-order valence-corrected chi connectivity index (χ3v) is 7.17. The maximum Gasteiger partial charge on any atom is 0.573 e. The third-order valence-electron chi connectivity index (χ3n) is 6.14. The molecular formula is C29H25F3N6O2S. The molecule has 210 valence electrons. The van der Waals surface area contributed by atoms with Crippen LogP contribution in [0, 0.1) is 0 Å². The summed E-state index contributed by atoms with van der Waals surface area (Å²) in [4.78, 5) is 18.9. The van der Waals surface area contributed by atoms with Gasteiger partial charge in [0.05, 0.1) is 22.8 Å². The van der Waals surface area contributed by atoms with Crippen LogP contribution in [-0.2, 0) is 11.2 Å². The molecule has 1 fully saturated rings. The third kappa shape index (κ3) is 6.65. The number of ether oxygens (including phenoxy) is 1. The molecule has 1 aliphatic heterocycles. The standard InChI is InChI=1S/C29H25F3N6O2S/c1-3-6-21-7-4-5-8-25(21)38-27(39)19(2)41-28(38)35-34-17-20-9-11-22(12-10-20)26-33-18-37(36-26)23-13-15-24(16-14-23)40-29(30,31)32/h4-5,7-19H,3,6H2,1-2H3/b34-17+,35-28-. The Balaban J connectivity index is 1.28. The molecule has 3 aromatic carbocycles. The zero-order chi connectivity index (χ0) is 29.0. The highest BCUT2D eigenvalue weighted by Gasteiger charge is 2.37. The molecule has 0 bridgehead atoms. The van der Waals surface area contributed by atoms with Crippen molar-refractivity contribution >= 4 is 34.7 Å². The highest BCUT2D eigenvalue weighted by molar-refractivity contribution is 8.16. The van der Waals surface area contributed by atoms with Crippen LogP contribution in [0.4, 0.5) is 18.9 Å². The Morgan fingerprint density at radius 3 is 2.49 bits per heavy atom. The Morgan fingerprint density at radius 1 is 1.05 bits per heavy atom. The molecule has 8 nitrogen and oxygen atoms in total. The maximum absolute atomic E-state index is 12.9. The van der Waals surface area contributed by atoms with Crippen LogP contribution in [0.15, 0.2) is 89.3 Å². The number of carbonyl (C=O) groups excluding carboxylic acids is 1. The van der Waals surface area contributed by atoms with Crippen LogP contribution in [-0.4, -0.2) is 43.7 Å². The second kappa shape index (κ2) is 12.0. The topological polar surface area (TPSA) is 85.0 Å². The molecule has 1 atom stereocenters. The van der Waals surface area contributed by atoms with Crippen molar-refractivity contribution in [1.82, 2.24) is 14.8 Å². The predicted molar refractivity (Wildman–Crippen MR) is 153 cm³/mol. The van der Waals surface area contributed by atoms with E-state index in [2.05, 4.69) is 31.9 Å². The van der Waals surface area contributed by atoms with Crippen LogP contribution in [0.2, 0.25) is 0 Å². The number of aryl methyl sites for hydroxylation is 1. The van der Waals surface area contributed by atoms with Crippen molar-refractivity contribution in [3.05, 3.63) is 90.3 Å². The Kier molecular flexibility index (Phi) is 8.20. The van der Waals surface area contributed by atoms with Crippen molar-refractivity contribution in [3.8, 4) is 22.8 Å². The van der Waals surface area contributed by atoms with Crippen molar-refractivity contribution in [1.29, 1.82) is 0 Å². The molecule has 1 saturated heterocycles. The van der Waals surface area contributed by atoms with E-state index in [-0.39, 0.29) is 16.9 Å². The van der Waals surface area contributed by atoms with Gasteiger partial charge in [-0.2, -0.15) is 5.10 Å². The number of benzene rings is 3. The summed E-state index contributed by atoms with van der Waals surface area (Å²) < 4.78 is 42.5. The molecule has 0 saturated carbocycles. The highest BCUT2D eigenvalue weighted by atomic mass is 32.2. The quantitative estimate of drug-likeness (QED) is 0.173. The fraction of sp³-hybridized carbons (Fsp3) is 0.207. The Hall–Kier alpha value is -4.45. The number of carbonyl (C=O) groups is 1. The second-order valence-corrected chi connectivity index (χ2v) is 10.4. The normalized spacial score (nSPS) is 16.7. The Bertz CT molecular complexity index is 1580. The number of rotatable bonds is 8. The number of amides is 1. The average molecular weight is 579 g/mol. The summed E-state index contributed by atoms with van der Waals surface area (Å²) in [6.07, 6.45) is 0.161. The lowest BCUT2D eigenvalue weighted by Gasteiger charge is -2.19. The molecule has 0 radical (unpaired) electrons. The molecule has 2 heterocycles. The molecular weight excluding hydrogens is 553 g/mol. The van der Waals surface area contributed by atoms with Gasteiger partial charge in [-0.3, -0.25) is 9.69 Å². The number of anilines is 1. The molecule has 0 aliphatic carbocycles. The molecule has 5 rings (SSSR count). The first kappa shape index (κ1) is 28.1. The fourth-order valence-electron chi connectivity index (χ4n) is 4.22. The zero-order valence-electron chi connectivity index (χ0n) is 22.1. The molecule has 1 aliphatic rings. The van der Waals surface area contributed by atoms with Crippen LogP contribution in [0.1, 0.15) is 31.4 Å². The molecule has 1 amide bonds. The maximum atomic E-state index is 12.9. The van der Waals surface area contributed by atoms with E-state index < -0.39 is 6.36 Å². The lowest BCUT2D eigenvalue weighted by molar-refractivity contribution is -0.274. The van der Waals surface area contributed by atoms with E-state index in [0.717, 1.165) is 35.2 Å². The first-order chi connectivity index (χ1) is 19.7. The SMILES string of the molecule is CCCc1ccccc1N1C(=O)C(C)S/C1=N\N=C\c1ccc(-c2ncn(-c3ccc(OC(F)(F)F)cc3)n2)cc1. The minimum atomic E-state index is -4.75. The van der Waals surface area contributed by atoms with Gasteiger partial charge in [-0.05, 0) is 54.8 Å². The van der Waals surface area contributed by atoms with Gasteiger partial charge in [-0.15, -0.1) is 23.4 Å². The summed E-state index contributed by atoms with van der Waals surface area (Å²) in [5.74, 6) is 0.112. The van der Waals surface area contributed by atoms with Gasteiger partial charge in [0.25, 0.3) is 0 Å². The smallest absolute Gasteiger partial charge is 0.406 e. The van der Waals surface area contributed by atoms with E-state index in [9.17, 15) is 18.0 Å². The van der Waals surface area contributed by atoms with Crippen LogP contribution in [0.25, 0.3) is 17.1 Å². The van der Waals surface area contributed by atoms with Crippen LogP contribution < -0.4 is 9.64 Å². The van der Waals surface area contributed by atoms with Crippen molar-refractivity contribution in [2.45, 2.75) is 38.3 Å². The highest BCUT2D eigenvalue weighted by Crippen LogP contribution is 2.34. The van der Waals surface area contributed by atoms with Gasteiger partial charge in [0, 0.05) is 5.56 Å². The number of nitrogens with zero attached hydrogens (tertiary/aromatic N) is 6. The molecule has 1 unspecified atom stereocenters. The number of amidine groups is 1. The van der Waals surface area contributed by atoms with Crippen molar-refractivity contribution in [2.75, 3.05) is 4.90 Å². The van der Waals surface area contributed by atoms with Crippen molar-refractivity contribution in [3.63, 3.8) is 0 Å². The van der Waals surface area contributed by atoms with Gasteiger partial charge in [0.1, 0.15) is 12.1 Å². The van der Waals surface area contributed by atoms with E-state index in [4.69, 9.17) is 0 Å². The molecule has 4 aromatic rings. The summed E-state index contributed by atoms with van der Waals surface area (Å²) >= 11 is 1.38. The van der Waals surface area contributed by atoms with E-state index in [0.29, 0.717) is 16.7 Å². The average Bonchev–Trinajstić information content (AvgIpc) is 3.54. The molecule has 0 spiro atoms. The van der Waals surface area contributed by atoms with E-state index in [1.807, 2.05) is 55.5 Å². The summed E-state index contributed by atoms with van der Waals surface area (Å²) in [5.41, 5.74) is 4.00. The number of para-hydroxylation sites is 1. The molecule has 12 heteroatoms. The summed E-state index contributed by atoms with van der Waals surface area (Å²) in [6, 6.07) is 20.5. The van der Waals surface area contributed by atoms with Gasteiger partial charge in [0.15, 0.2) is 11.0 Å². The number of aromatic nitrogens is 3. The minimum Gasteiger partial charge on any atom is -0.406 e. The summed E-state index contributed by atoms with van der Waals surface area (Å²) in [7, 11) is 0. The van der Waals surface area contributed by atoms with Gasteiger partial charge < -0.3 is 4.74 Å². The number of hydrogen-bond acceptors (Lipinski definition) is 7. The van der Waals surface area contributed by atoms with Crippen molar-refractivity contribution in [2.24, 2.45) is 10.2 Å². The van der Waals surface area contributed by atoms with Crippen molar-refractivity contribution < 1.29 is 22.7 Å². The Morgan fingerprint density at radius 2 is 1.78 bits per heavy atom. The summed E-state index contributed by atoms with van der Waals surface area (Å²) in [6.45, 7) is 3.96. The largest absolute Gasteiger partial charge is 0.573 e. The van der Waals surface area contributed by atoms with E-state index in [1.165, 1.54) is 47.0 Å². The zero-order valence-corrected chi connectivity index (χ0v) is 22.9. The van der Waals surface area contributed by atoms with Crippen LogP contribution in [0.3, 0.4) is 0 Å². The lowest BCUT2D eigenvalue weighted by Crippen LogP contribution is -2.32. The van der Waals surface area contributed by atoms with Gasteiger partial charge >= 0.3 is 6.36 Å². The fourth-order valence-corrected chi connectivity index (χ4v) is 5.13. The van der Waals surface area contributed by atoms with E-state index >= 15 is 0 Å². The summed E-state index contributed by atoms with van der Waals surface area (Å²) in [5, 5.41) is 13.3. The number of hydrogen-bond donors (Lipinski definition) is 0. The van der Waals surface area contributed by atoms with Gasteiger partial charge in [-0.25, -0.2) is 9.67 Å². The van der Waals surface area contributed by atoms with Crippen LogP contribution >= 0.6 is 11.8 Å². The molecule has 41 heavy (non-hydrogen) atoms. The van der Waals surface area contributed by atoms with Gasteiger partial charge in [-0.1, -0.05) is 67.6 Å². The first-order valence-electron chi connectivity index (χ1n) is 12.8.